The Balaban J connectivity index is 2.20. The van der Waals surface area contributed by atoms with Crippen molar-refractivity contribution in [3.8, 4) is 0 Å². The minimum absolute atomic E-state index is 0.0156. The minimum Gasteiger partial charge on any atom is -0.271 e. The third-order valence-corrected chi connectivity index (χ3v) is 2.91. The van der Waals surface area contributed by atoms with Crippen molar-refractivity contribution < 1.29 is 0 Å². The third kappa shape index (κ3) is 2.72. The molecule has 6 nitrogen and oxygen atoms in total. The van der Waals surface area contributed by atoms with Gasteiger partial charge >= 0.3 is 0 Å². The van der Waals surface area contributed by atoms with E-state index in [1.807, 2.05) is 17.7 Å². The zero-order chi connectivity index (χ0) is 13.0. The maximum absolute atomic E-state index is 5.62. The van der Waals surface area contributed by atoms with Crippen LogP contribution in [0, 0.1) is 6.92 Å². The zero-order valence-corrected chi connectivity index (χ0v) is 10.7. The van der Waals surface area contributed by atoms with E-state index in [1.54, 1.807) is 12.4 Å². The van der Waals surface area contributed by atoms with Gasteiger partial charge in [0.2, 0.25) is 0 Å². The fraction of sp³-hybridized carbons (Fsp3) is 0.417. The van der Waals surface area contributed by atoms with Crippen molar-refractivity contribution in [1.29, 1.82) is 0 Å². The van der Waals surface area contributed by atoms with Gasteiger partial charge in [0.05, 0.1) is 17.9 Å². The van der Waals surface area contributed by atoms with Gasteiger partial charge in [0.25, 0.3) is 0 Å². The summed E-state index contributed by atoms with van der Waals surface area (Å²) in [6, 6.07) is 4.02. The summed E-state index contributed by atoms with van der Waals surface area (Å²) in [5.41, 5.74) is 6.03. The highest BCUT2D eigenvalue weighted by atomic mass is 15.3. The van der Waals surface area contributed by atoms with Crippen LogP contribution in [-0.4, -0.2) is 20.0 Å². The molecule has 0 spiro atoms. The average Bonchev–Trinajstić information content (AvgIpc) is 2.77. The van der Waals surface area contributed by atoms with Gasteiger partial charge in [0.15, 0.2) is 0 Å². The van der Waals surface area contributed by atoms with Crippen LogP contribution in [0.1, 0.15) is 29.9 Å². The molecule has 2 aromatic rings. The third-order valence-electron chi connectivity index (χ3n) is 2.91. The van der Waals surface area contributed by atoms with Crippen LogP contribution in [0.3, 0.4) is 0 Å². The first-order chi connectivity index (χ1) is 8.74. The number of nitrogens with two attached hydrogens (primary N) is 1. The first-order valence-corrected chi connectivity index (χ1v) is 6.00. The highest BCUT2D eigenvalue weighted by molar-refractivity contribution is 5.17. The van der Waals surface area contributed by atoms with Gasteiger partial charge in [0.1, 0.15) is 0 Å². The van der Waals surface area contributed by atoms with E-state index in [1.165, 1.54) is 0 Å². The fourth-order valence-electron chi connectivity index (χ4n) is 2.03. The summed E-state index contributed by atoms with van der Waals surface area (Å²) in [4.78, 5) is 0. The SMILES string of the molecule is CCn1nc(C)cc1CC(NN)c1ccnnc1. The molecule has 0 bridgehead atoms. The molecule has 6 heteroatoms. The van der Waals surface area contributed by atoms with Gasteiger partial charge in [-0.2, -0.15) is 15.3 Å². The lowest BCUT2D eigenvalue weighted by molar-refractivity contribution is 0.515. The van der Waals surface area contributed by atoms with Gasteiger partial charge in [-0.3, -0.25) is 16.0 Å². The Morgan fingerprint density at radius 2 is 2.28 bits per heavy atom. The number of nitrogens with zero attached hydrogens (tertiary/aromatic N) is 4. The molecule has 0 aliphatic heterocycles. The minimum atomic E-state index is 0.0156. The van der Waals surface area contributed by atoms with Crippen LogP contribution >= 0.6 is 0 Å². The molecule has 0 saturated heterocycles. The molecule has 3 N–H and O–H groups in total. The van der Waals surface area contributed by atoms with Gasteiger partial charge in [-0.25, -0.2) is 0 Å². The van der Waals surface area contributed by atoms with Crippen molar-refractivity contribution in [3.05, 3.63) is 41.5 Å². The van der Waals surface area contributed by atoms with Gasteiger partial charge in [-0.1, -0.05) is 0 Å². The monoisotopic (exact) mass is 246 g/mol. The van der Waals surface area contributed by atoms with Crippen molar-refractivity contribution in [3.63, 3.8) is 0 Å². The molecule has 0 aliphatic rings. The lowest BCUT2D eigenvalue weighted by Crippen LogP contribution is -2.30. The van der Waals surface area contributed by atoms with E-state index in [9.17, 15) is 0 Å². The van der Waals surface area contributed by atoms with Gasteiger partial charge in [0, 0.05) is 24.9 Å². The van der Waals surface area contributed by atoms with E-state index in [0.717, 1.165) is 29.9 Å². The van der Waals surface area contributed by atoms with E-state index >= 15 is 0 Å². The predicted molar refractivity (Wildman–Crippen MR) is 68.4 cm³/mol. The molecule has 2 aromatic heterocycles. The van der Waals surface area contributed by atoms with Crippen molar-refractivity contribution in [2.45, 2.75) is 32.9 Å². The maximum Gasteiger partial charge on any atom is 0.0596 e. The molecule has 0 radical (unpaired) electrons. The second-order valence-electron chi connectivity index (χ2n) is 4.19. The van der Waals surface area contributed by atoms with Crippen LogP contribution in [0.2, 0.25) is 0 Å². The number of hydrazine groups is 1. The molecule has 0 amide bonds. The van der Waals surface area contributed by atoms with Gasteiger partial charge < -0.3 is 0 Å². The quantitative estimate of drug-likeness (QED) is 0.601. The molecular formula is C12H18N6. The lowest BCUT2D eigenvalue weighted by Gasteiger charge is -2.16. The summed E-state index contributed by atoms with van der Waals surface area (Å²) in [5.74, 6) is 5.62. The summed E-state index contributed by atoms with van der Waals surface area (Å²) in [6.07, 6.45) is 4.17. The van der Waals surface area contributed by atoms with Crippen molar-refractivity contribution in [2.75, 3.05) is 0 Å². The number of aryl methyl sites for hydroxylation is 2. The Bertz CT molecular complexity index is 493. The van der Waals surface area contributed by atoms with Crippen LogP contribution in [-0.2, 0) is 13.0 Å². The molecular weight excluding hydrogens is 228 g/mol. The summed E-state index contributed by atoms with van der Waals surface area (Å²) >= 11 is 0. The van der Waals surface area contributed by atoms with Crippen LogP contribution in [0.5, 0.6) is 0 Å². The number of hydrogen-bond acceptors (Lipinski definition) is 5. The molecule has 96 valence electrons. The molecule has 1 unspecified atom stereocenters. The number of rotatable bonds is 5. The smallest absolute Gasteiger partial charge is 0.0596 e. The number of hydrogen-bond donors (Lipinski definition) is 2. The number of nitrogens with one attached hydrogen (secondary N) is 1. The summed E-state index contributed by atoms with van der Waals surface area (Å²) in [7, 11) is 0. The Morgan fingerprint density at radius 1 is 1.44 bits per heavy atom. The topological polar surface area (TPSA) is 81.7 Å². The predicted octanol–water partition coefficient (Wildman–Crippen LogP) is 0.749. The summed E-state index contributed by atoms with van der Waals surface area (Å²) in [6.45, 7) is 4.93. The first kappa shape index (κ1) is 12.7. The van der Waals surface area contributed by atoms with Gasteiger partial charge in [-0.15, -0.1) is 0 Å². The zero-order valence-electron chi connectivity index (χ0n) is 10.7. The van der Waals surface area contributed by atoms with E-state index in [4.69, 9.17) is 5.84 Å². The van der Waals surface area contributed by atoms with E-state index in [-0.39, 0.29) is 6.04 Å². The Hall–Kier alpha value is -1.79. The second-order valence-corrected chi connectivity index (χ2v) is 4.19. The van der Waals surface area contributed by atoms with Crippen LogP contribution in [0.15, 0.2) is 24.5 Å². The molecule has 0 aliphatic carbocycles. The molecule has 0 aromatic carbocycles. The van der Waals surface area contributed by atoms with Crippen LogP contribution in [0.25, 0.3) is 0 Å². The van der Waals surface area contributed by atoms with E-state index in [2.05, 4.69) is 33.7 Å². The van der Waals surface area contributed by atoms with Crippen LogP contribution in [0.4, 0.5) is 0 Å². The first-order valence-electron chi connectivity index (χ1n) is 6.00. The normalized spacial score (nSPS) is 12.6. The standard InChI is InChI=1S/C12H18N6/c1-3-18-11(6-9(2)17-18)7-12(16-13)10-4-5-14-15-8-10/h4-6,8,12,16H,3,7,13H2,1-2H3. The van der Waals surface area contributed by atoms with Crippen LogP contribution < -0.4 is 11.3 Å². The Morgan fingerprint density at radius 3 is 2.89 bits per heavy atom. The maximum atomic E-state index is 5.62. The number of aromatic nitrogens is 4. The highest BCUT2D eigenvalue weighted by Crippen LogP contribution is 2.17. The molecule has 0 saturated carbocycles. The van der Waals surface area contributed by atoms with Crippen molar-refractivity contribution >= 4 is 0 Å². The average molecular weight is 246 g/mol. The Kier molecular flexibility index (Phi) is 4.01. The highest BCUT2D eigenvalue weighted by Gasteiger charge is 2.14. The molecule has 0 fully saturated rings. The summed E-state index contributed by atoms with van der Waals surface area (Å²) in [5, 5.41) is 12.1. The fourth-order valence-corrected chi connectivity index (χ4v) is 2.03. The molecule has 2 rings (SSSR count). The summed E-state index contributed by atoms with van der Waals surface area (Å²) < 4.78 is 1.99. The van der Waals surface area contributed by atoms with E-state index in [0.29, 0.717) is 0 Å². The van der Waals surface area contributed by atoms with E-state index < -0.39 is 0 Å². The van der Waals surface area contributed by atoms with Crippen molar-refractivity contribution in [1.82, 2.24) is 25.4 Å². The largest absolute Gasteiger partial charge is 0.271 e. The molecule has 1 atom stereocenters. The molecule has 2 heterocycles. The second kappa shape index (κ2) is 5.70. The Labute approximate surface area is 106 Å². The molecule has 18 heavy (non-hydrogen) atoms. The van der Waals surface area contributed by atoms with Gasteiger partial charge in [-0.05, 0) is 31.5 Å². The van der Waals surface area contributed by atoms with Crippen molar-refractivity contribution in [2.24, 2.45) is 5.84 Å². The lowest BCUT2D eigenvalue weighted by atomic mass is 10.0.